The van der Waals surface area contributed by atoms with Crippen LogP contribution in [0.3, 0.4) is 0 Å². The van der Waals surface area contributed by atoms with E-state index in [-0.39, 0.29) is 21.7 Å². The van der Waals surface area contributed by atoms with Gasteiger partial charge in [-0.3, -0.25) is 9.52 Å². The molecule has 0 atom stereocenters. The number of nitrogens with zero attached hydrogens (tertiary/aromatic N) is 1. The quantitative estimate of drug-likeness (QED) is 0.803. The highest BCUT2D eigenvalue weighted by molar-refractivity contribution is 7.92. The lowest BCUT2D eigenvalue weighted by molar-refractivity contribution is -0.133. The molecule has 1 N–H and O–H groups in total. The molecule has 5 nitrogen and oxygen atoms in total. The summed E-state index contributed by atoms with van der Waals surface area (Å²) in [6, 6.07) is 9.73. The highest BCUT2D eigenvalue weighted by atomic mass is 35.5. The number of carbonyl (C=O) groups is 1. The fraction of sp³-hybridized carbons (Fsp3) is 0.316. The zero-order chi connectivity index (χ0) is 19.2. The van der Waals surface area contributed by atoms with E-state index >= 15 is 0 Å². The first kappa shape index (κ1) is 18.6. The summed E-state index contributed by atoms with van der Waals surface area (Å²) in [4.78, 5) is 14.1. The van der Waals surface area contributed by atoms with E-state index in [0.29, 0.717) is 23.8 Å². The standard InChI is InChI=1S/C19H18Cl2N2O3S/c20-15-4-6-17(21)18(10-15)27(25,26)22-16-5-3-12-7-8-23(11-14(12)9-16)19(24)13-1-2-13/h3-6,9-10,13,22H,1-2,7-8,11H2. The van der Waals surface area contributed by atoms with Crippen LogP contribution in [0, 0.1) is 5.92 Å². The minimum Gasteiger partial charge on any atom is -0.338 e. The number of sulfonamides is 1. The summed E-state index contributed by atoms with van der Waals surface area (Å²) in [7, 11) is -3.87. The Morgan fingerprint density at radius 1 is 1.07 bits per heavy atom. The average molecular weight is 425 g/mol. The molecule has 2 aromatic carbocycles. The van der Waals surface area contributed by atoms with Gasteiger partial charge in [0, 0.05) is 29.7 Å². The lowest BCUT2D eigenvalue weighted by Crippen LogP contribution is -2.36. The van der Waals surface area contributed by atoms with Gasteiger partial charge in [-0.05, 0) is 60.7 Å². The first-order valence-corrected chi connectivity index (χ1v) is 11.0. The van der Waals surface area contributed by atoms with Crippen LogP contribution in [0.4, 0.5) is 5.69 Å². The third-order valence-corrected chi connectivity index (χ3v) is 6.99. The minimum atomic E-state index is -3.87. The predicted molar refractivity (Wildman–Crippen MR) is 106 cm³/mol. The summed E-state index contributed by atoms with van der Waals surface area (Å²) in [6.45, 7) is 1.23. The normalized spacial score (nSPS) is 16.7. The first-order valence-electron chi connectivity index (χ1n) is 8.72. The Balaban J connectivity index is 1.58. The van der Waals surface area contributed by atoms with Gasteiger partial charge >= 0.3 is 0 Å². The van der Waals surface area contributed by atoms with Crippen molar-refractivity contribution in [1.29, 1.82) is 0 Å². The molecule has 27 heavy (non-hydrogen) atoms. The number of amides is 1. The van der Waals surface area contributed by atoms with E-state index in [1.165, 1.54) is 18.2 Å². The molecule has 1 amide bonds. The van der Waals surface area contributed by atoms with Gasteiger partial charge in [-0.2, -0.15) is 0 Å². The van der Waals surface area contributed by atoms with Crippen LogP contribution in [0.1, 0.15) is 24.0 Å². The molecule has 4 rings (SSSR count). The number of halogens is 2. The smallest absolute Gasteiger partial charge is 0.263 e. The van der Waals surface area contributed by atoms with Gasteiger partial charge in [0.05, 0.1) is 5.02 Å². The maximum atomic E-state index is 12.7. The molecule has 0 bridgehead atoms. The monoisotopic (exact) mass is 424 g/mol. The summed E-state index contributed by atoms with van der Waals surface area (Å²) < 4.78 is 27.9. The molecule has 1 aliphatic heterocycles. The Morgan fingerprint density at radius 3 is 2.59 bits per heavy atom. The second kappa shape index (κ2) is 7.00. The molecule has 0 radical (unpaired) electrons. The van der Waals surface area contributed by atoms with Crippen LogP contribution >= 0.6 is 23.2 Å². The molecular formula is C19H18Cl2N2O3S. The summed E-state index contributed by atoms with van der Waals surface area (Å²) in [5.41, 5.74) is 2.54. The van der Waals surface area contributed by atoms with E-state index in [1.807, 2.05) is 11.0 Å². The fourth-order valence-electron chi connectivity index (χ4n) is 3.29. The Bertz CT molecular complexity index is 1020. The van der Waals surface area contributed by atoms with Crippen LogP contribution in [-0.2, 0) is 27.8 Å². The third kappa shape index (κ3) is 3.93. The van der Waals surface area contributed by atoms with Gasteiger partial charge < -0.3 is 4.90 Å². The lowest BCUT2D eigenvalue weighted by Gasteiger charge is -2.29. The molecule has 2 aromatic rings. The average Bonchev–Trinajstić information content (AvgIpc) is 3.47. The van der Waals surface area contributed by atoms with Crippen molar-refractivity contribution in [2.45, 2.75) is 30.7 Å². The van der Waals surface area contributed by atoms with Gasteiger partial charge in [0.15, 0.2) is 0 Å². The van der Waals surface area contributed by atoms with Crippen molar-refractivity contribution in [2.75, 3.05) is 11.3 Å². The van der Waals surface area contributed by atoms with E-state index in [9.17, 15) is 13.2 Å². The Kier molecular flexibility index (Phi) is 4.82. The number of fused-ring (bicyclic) bond motifs is 1. The molecular weight excluding hydrogens is 407 g/mol. The van der Waals surface area contributed by atoms with Crippen LogP contribution in [-0.4, -0.2) is 25.8 Å². The van der Waals surface area contributed by atoms with E-state index in [2.05, 4.69) is 4.72 Å². The SMILES string of the molecule is O=C(C1CC1)N1CCc2ccc(NS(=O)(=O)c3cc(Cl)ccc3Cl)cc2C1. The molecule has 1 heterocycles. The van der Waals surface area contributed by atoms with Crippen molar-refractivity contribution in [1.82, 2.24) is 4.90 Å². The van der Waals surface area contributed by atoms with Crippen molar-refractivity contribution < 1.29 is 13.2 Å². The molecule has 1 saturated carbocycles. The number of benzene rings is 2. The van der Waals surface area contributed by atoms with Crippen LogP contribution in [0.2, 0.25) is 10.0 Å². The van der Waals surface area contributed by atoms with Gasteiger partial charge in [-0.25, -0.2) is 8.42 Å². The van der Waals surface area contributed by atoms with E-state index in [1.54, 1.807) is 12.1 Å². The lowest BCUT2D eigenvalue weighted by atomic mass is 9.99. The second-order valence-corrected chi connectivity index (χ2v) is 9.44. The van der Waals surface area contributed by atoms with Crippen LogP contribution in [0.15, 0.2) is 41.3 Å². The van der Waals surface area contributed by atoms with Crippen molar-refractivity contribution in [3.05, 3.63) is 57.6 Å². The maximum absolute atomic E-state index is 12.7. The van der Waals surface area contributed by atoms with Crippen molar-refractivity contribution in [3.63, 3.8) is 0 Å². The number of hydrogen-bond donors (Lipinski definition) is 1. The summed E-state index contributed by atoms with van der Waals surface area (Å²) in [6.07, 6.45) is 2.73. The minimum absolute atomic E-state index is 0.0695. The second-order valence-electron chi connectivity index (χ2n) is 6.95. The van der Waals surface area contributed by atoms with Gasteiger partial charge in [0.1, 0.15) is 4.90 Å². The Morgan fingerprint density at radius 2 is 1.85 bits per heavy atom. The van der Waals surface area contributed by atoms with E-state index in [4.69, 9.17) is 23.2 Å². The molecule has 0 spiro atoms. The van der Waals surface area contributed by atoms with Crippen molar-refractivity contribution >= 4 is 44.8 Å². The van der Waals surface area contributed by atoms with E-state index in [0.717, 1.165) is 30.4 Å². The number of carbonyl (C=O) groups excluding carboxylic acids is 1. The number of nitrogens with one attached hydrogen (secondary N) is 1. The van der Waals surface area contributed by atoms with Gasteiger partial charge in [0.25, 0.3) is 10.0 Å². The van der Waals surface area contributed by atoms with Crippen molar-refractivity contribution in [2.24, 2.45) is 5.92 Å². The molecule has 142 valence electrons. The molecule has 0 saturated heterocycles. The highest BCUT2D eigenvalue weighted by Gasteiger charge is 2.34. The first-order chi connectivity index (χ1) is 12.8. The zero-order valence-corrected chi connectivity index (χ0v) is 16.7. The molecule has 1 fully saturated rings. The van der Waals surface area contributed by atoms with Gasteiger partial charge in [-0.15, -0.1) is 0 Å². The van der Waals surface area contributed by atoms with Crippen LogP contribution in [0.25, 0.3) is 0 Å². The van der Waals surface area contributed by atoms with Gasteiger partial charge in [-0.1, -0.05) is 29.3 Å². The molecule has 8 heteroatoms. The van der Waals surface area contributed by atoms with Crippen LogP contribution in [0.5, 0.6) is 0 Å². The van der Waals surface area contributed by atoms with Gasteiger partial charge in [0.2, 0.25) is 5.91 Å². The topological polar surface area (TPSA) is 66.5 Å². The van der Waals surface area contributed by atoms with Crippen molar-refractivity contribution in [3.8, 4) is 0 Å². The zero-order valence-electron chi connectivity index (χ0n) is 14.4. The number of hydrogen-bond acceptors (Lipinski definition) is 3. The largest absolute Gasteiger partial charge is 0.338 e. The molecule has 0 unspecified atom stereocenters. The molecule has 1 aliphatic carbocycles. The summed E-state index contributed by atoms with van der Waals surface area (Å²) in [5, 5.41) is 0.394. The third-order valence-electron chi connectivity index (χ3n) is 4.89. The number of anilines is 1. The molecule has 2 aliphatic rings. The maximum Gasteiger partial charge on any atom is 0.263 e. The van der Waals surface area contributed by atoms with Crippen LogP contribution < -0.4 is 4.72 Å². The summed E-state index contributed by atoms with van der Waals surface area (Å²) >= 11 is 11.9. The fourth-order valence-corrected chi connectivity index (χ4v) is 5.10. The predicted octanol–water partition coefficient (Wildman–Crippen LogP) is 4.09. The number of rotatable bonds is 4. The van der Waals surface area contributed by atoms with E-state index < -0.39 is 10.0 Å². The Hall–Kier alpha value is -1.76. The Labute approximate surface area is 168 Å². The summed E-state index contributed by atoms with van der Waals surface area (Å²) in [5.74, 6) is 0.385. The highest BCUT2D eigenvalue weighted by Crippen LogP contribution is 2.33. The molecule has 0 aromatic heterocycles.